The molecule has 0 N–H and O–H groups in total. The smallest absolute Gasteiger partial charge is 0.496 e. The average molecular weight is 346 g/mol. The molecule has 126 valence electrons. The Bertz CT molecular complexity index is 748. The molecule has 0 bridgehead atoms. The summed E-state index contributed by atoms with van der Waals surface area (Å²) < 4.78 is 17.6. The van der Waals surface area contributed by atoms with E-state index in [-0.39, 0.29) is 0 Å². The highest BCUT2D eigenvalue weighted by molar-refractivity contribution is 6.62. The number of hydrogen-bond donors (Lipinski definition) is 0. The molecule has 0 unspecified atom stereocenters. The van der Waals surface area contributed by atoms with Gasteiger partial charge in [0.25, 0.3) is 0 Å². The van der Waals surface area contributed by atoms with E-state index in [9.17, 15) is 0 Å². The van der Waals surface area contributed by atoms with Crippen LogP contribution in [0.5, 0.6) is 5.75 Å². The zero-order valence-electron chi connectivity index (χ0n) is 14.6. The second-order valence-corrected chi connectivity index (χ2v) is 7.25. The van der Waals surface area contributed by atoms with Gasteiger partial charge >= 0.3 is 7.12 Å². The molecule has 1 aliphatic rings. The van der Waals surface area contributed by atoms with Gasteiger partial charge < -0.3 is 14.0 Å². The van der Waals surface area contributed by atoms with Crippen molar-refractivity contribution in [2.45, 2.75) is 38.9 Å². The minimum Gasteiger partial charge on any atom is -0.496 e. The molecule has 6 heteroatoms. The van der Waals surface area contributed by atoms with E-state index in [4.69, 9.17) is 25.6 Å². The Morgan fingerprint density at radius 3 is 2.29 bits per heavy atom. The second-order valence-electron chi connectivity index (χ2n) is 6.90. The lowest BCUT2D eigenvalue weighted by Crippen LogP contribution is -2.41. The Hall–Kier alpha value is -1.56. The molecule has 0 radical (unpaired) electrons. The zero-order chi connectivity index (χ0) is 17.5. The van der Waals surface area contributed by atoms with Crippen LogP contribution in [0, 0.1) is 0 Å². The van der Waals surface area contributed by atoms with Gasteiger partial charge in [-0.2, -0.15) is 0 Å². The monoisotopic (exact) mass is 345 g/mol. The number of nitrogens with zero attached hydrogens (tertiary/aromatic N) is 1. The molecular formula is C18H21BClNO3. The van der Waals surface area contributed by atoms with Crippen molar-refractivity contribution in [3.05, 3.63) is 41.7 Å². The summed E-state index contributed by atoms with van der Waals surface area (Å²) in [6.07, 6.45) is 1.70. The molecule has 0 aliphatic carbocycles. The van der Waals surface area contributed by atoms with Gasteiger partial charge in [-0.25, -0.2) is 4.98 Å². The summed E-state index contributed by atoms with van der Waals surface area (Å²) in [4.78, 5) is 4.32. The van der Waals surface area contributed by atoms with Gasteiger partial charge in [0.2, 0.25) is 0 Å². The molecular weight excluding hydrogens is 324 g/mol. The first-order valence-electron chi connectivity index (χ1n) is 7.89. The summed E-state index contributed by atoms with van der Waals surface area (Å²) >= 11 is 6.33. The molecule has 3 rings (SSSR count). The largest absolute Gasteiger partial charge is 0.496 e. The number of ether oxygens (including phenoxy) is 1. The highest BCUT2D eigenvalue weighted by Gasteiger charge is 2.51. The van der Waals surface area contributed by atoms with Crippen LogP contribution in [0.2, 0.25) is 5.15 Å². The molecule has 1 aliphatic heterocycles. The molecule has 0 atom stereocenters. The molecule has 1 saturated heterocycles. The van der Waals surface area contributed by atoms with Crippen LogP contribution < -0.4 is 10.2 Å². The van der Waals surface area contributed by atoms with E-state index in [1.807, 2.05) is 58.0 Å². The summed E-state index contributed by atoms with van der Waals surface area (Å²) in [5, 5.41) is 0.416. The Labute approximate surface area is 148 Å². The van der Waals surface area contributed by atoms with Crippen LogP contribution in [-0.4, -0.2) is 30.4 Å². The summed E-state index contributed by atoms with van der Waals surface area (Å²) in [5.41, 5.74) is 1.71. The molecule has 2 heterocycles. The van der Waals surface area contributed by atoms with Crippen LogP contribution in [0.3, 0.4) is 0 Å². The van der Waals surface area contributed by atoms with Gasteiger partial charge in [0.05, 0.1) is 18.3 Å². The number of benzene rings is 1. The van der Waals surface area contributed by atoms with Gasteiger partial charge in [-0.3, -0.25) is 0 Å². The van der Waals surface area contributed by atoms with Crippen LogP contribution >= 0.6 is 11.6 Å². The minimum atomic E-state index is -0.478. The third-order valence-electron chi connectivity index (χ3n) is 4.78. The summed E-state index contributed by atoms with van der Waals surface area (Å²) in [6, 6.07) is 9.66. The van der Waals surface area contributed by atoms with E-state index in [0.29, 0.717) is 5.15 Å². The Morgan fingerprint density at radius 2 is 1.67 bits per heavy atom. The molecule has 0 amide bonds. The zero-order valence-corrected chi connectivity index (χ0v) is 15.3. The van der Waals surface area contributed by atoms with Gasteiger partial charge in [-0.05, 0) is 39.8 Å². The number of methoxy groups -OCH3 is 1. The van der Waals surface area contributed by atoms with Crippen molar-refractivity contribution in [3.8, 4) is 16.9 Å². The topological polar surface area (TPSA) is 40.6 Å². The molecule has 1 fully saturated rings. The fourth-order valence-electron chi connectivity index (χ4n) is 2.63. The van der Waals surface area contributed by atoms with Crippen LogP contribution in [0.25, 0.3) is 11.1 Å². The number of aromatic nitrogens is 1. The van der Waals surface area contributed by atoms with E-state index >= 15 is 0 Å². The molecule has 1 aromatic carbocycles. The van der Waals surface area contributed by atoms with Crippen molar-refractivity contribution in [2.75, 3.05) is 7.11 Å². The van der Waals surface area contributed by atoms with Crippen molar-refractivity contribution >= 4 is 24.2 Å². The maximum atomic E-state index is 6.33. The quantitative estimate of drug-likeness (QED) is 0.628. The van der Waals surface area contributed by atoms with E-state index in [0.717, 1.165) is 22.3 Å². The predicted octanol–water partition coefficient (Wildman–Crippen LogP) is 3.71. The lowest BCUT2D eigenvalue weighted by Gasteiger charge is -2.32. The third-order valence-corrected chi connectivity index (χ3v) is 5.08. The average Bonchev–Trinajstić information content (AvgIpc) is 2.76. The fraction of sp³-hybridized carbons (Fsp3) is 0.389. The second kappa shape index (κ2) is 6.06. The molecule has 4 nitrogen and oxygen atoms in total. The number of pyridine rings is 1. The van der Waals surface area contributed by atoms with Gasteiger partial charge in [-0.15, -0.1) is 0 Å². The molecule has 0 spiro atoms. The van der Waals surface area contributed by atoms with Crippen molar-refractivity contribution in [1.29, 1.82) is 0 Å². The Morgan fingerprint density at radius 1 is 1.04 bits per heavy atom. The van der Waals surface area contributed by atoms with Gasteiger partial charge in [0.15, 0.2) is 0 Å². The standard InChI is InChI=1S/C18H21BClNO3/c1-17(2)18(3,4)24-19(23-17)12-10-14(16(20)21-11-12)13-8-6-7-9-15(13)22-5/h6-11H,1-5H3. The van der Waals surface area contributed by atoms with Gasteiger partial charge in [-0.1, -0.05) is 29.8 Å². The first-order valence-corrected chi connectivity index (χ1v) is 8.27. The van der Waals surface area contributed by atoms with Crippen molar-refractivity contribution in [1.82, 2.24) is 4.98 Å². The van der Waals surface area contributed by atoms with Gasteiger partial charge in [0, 0.05) is 22.8 Å². The number of halogens is 1. The number of hydrogen-bond acceptors (Lipinski definition) is 4. The van der Waals surface area contributed by atoms with E-state index < -0.39 is 18.3 Å². The van der Waals surface area contributed by atoms with E-state index in [1.54, 1.807) is 13.3 Å². The summed E-state index contributed by atoms with van der Waals surface area (Å²) in [6.45, 7) is 8.10. The predicted molar refractivity (Wildman–Crippen MR) is 97.0 cm³/mol. The lowest BCUT2D eigenvalue weighted by molar-refractivity contribution is 0.00578. The van der Waals surface area contributed by atoms with Crippen LogP contribution in [0.1, 0.15) is 27.7 Å². The number of para-hydroxylation sites is 1. The van der Waals surface area contributed by atoms with E-state index in [2.05, 4.69) is 4.98 Å². The lowest BCUT2D eigenvalue weighted by atomic mass is 9.79. The molecule has 0 saturated carbocycles. The van der Waals surface area contributed by atoms with Crippen molar-refractivity contribution in [2.24, 2.45) is 0 Å². The normalized spacial score (nSPS) is 18.7. The maximum Gasteiger partial charge on any atom is 0.496 e. The molecule has 2 aromatic rings. The highest BCUT2D eigenvalue weighted by Crippen LogP contribution is 2.37. The highest BCUT2D eigenvalue weighted by atomic mass is 35.5. The SMILES string of the molecule is COc1ccccc1-c1cc(B2OC(C)(C)C(C)(C)O2)cnc1Cl. The fourth-order valence-corrected chi connectivity index (χ4v) is 2.83. The van der Waals surface area contributed by atoms with Crippen molar-refractivity contribution < 1.29 is 14.0 Å². The molecule has 24 heavy (non-hydrogen) atoms. The van der Waals surface area contributed by atoms with Crippen LogP contribution in [-0.2, 0) is 9.31 Å². The Balaban J connectivity index is 2.02. The van der Waals surface area contributed by atoms with E-state index in [1.165, 1.54) is 0 Å². The Kier molecular flexibility index (Phi) is 4.37. The summed E-state index contributed by atoms with van der Waals surface area (Å²) in [7, 11) is 1.16. The molecule has 1 aromatic heterocycles. The van der Waals surface area contributed by atoms with Crippen LogP contribution in [0.4, 0.5) is 0 Å². The van der Waals surface area contributed by atoms with Crippen LogP contribution in [0.15, 0.2) is 36.5 Å². The van der Waals surface area contributed by atoms with Gasteiger partial charge in [0.1, 0.15) is 10.9 Å². The number of rotatable bonds is 3. The summed E-state index contributed by atoms with van der Waals surface area (Å²) in [5.74, 6) is 0.743. The third kappa shape index (κ3) is 2.92. The maximum absolute atomic E-state index is 6.33. The first kappa shape index (κ1) is 17.3. The minimum absolute atomic E-state index is 0.401. The van der Waals surface area contributed by atoms with Crippen molar-refractivity contribution in [3.63, 3.8) is 0 Å². The first-order chi connectivity index (χ1) is 11.2.